The molecule has 0 saturated heterocycles. The normalized spacial score (nSPS) is 13.2. The van der Waals surface area contributed by atoms with Crippen LogP contribution in [0.3, 0.4) is 0 Å². The average molecular weight is 283 g/mol. The van der Waals surface area contributed by atoms with E-state index in [2.05, 4.69) is 11.4 Å². The summed E-state index contributed by atoms with van der Waals surface area (Å²) in [7, 11) is 3.61. The molecule has 0 fully saturated rings. The first kappa shape index (κ1) is 15.0. The van der Waals surface area contributed by atoms with E-state index in [1.165, 1.54) is 12.1 Å². The maximum atomic E-state index is 13.3. The third-order valence-corrected chi connectivity index (χ3v) is 3.61. The molecule has 0 bridgehead atoms. The Kier molecular flexibility index (Phi) is 4.56. The lowest BCUT2D eigenvalue weighted by atomic mass is 9.91. The van der Waals surface area contributed by atoms with E-state index < -0.39 is 5.54 Å². The maximum Gasteiger partial charge on any atom is 0.149 e. The zero-order valence-electron chi connectivity index (χ0n) is 12.2. The second-order valence-corrected chi connectivity index (χ2v) is 4.97. The molecule has 0 spiro atoms. The van der Waals surface area contributed by atoms with Crippen LogP contribution in [0.1, 0.15) is 5.56 Å². The Morgan fingerprint density at radius 2 is 1.90 bits per heavy atom. The summed E-state index contributed by atoms with van der Waals surface area (Å²) < 4.78 is 13.3. The highest BCUT2D eigenvalue weighted by molar-refractivity contribution is 5.48. The van der Waals surface area contributed by atoms with Gasteiger partial charge < -0.3 is 4.90 Å². The van der Waals surface area contributed by atoms with E-state index in [9.17, 15) is 9.65 Å². The Morgan fingerprint density at radius 1 is 1.19 bits per heavy atom. The molecular formula is C17H18FN3. The minimum Gasteiger partial charge on any atom is -0.371 e. The molecule has 1 N–H and O–H groups in total. The van der Waals surface area contributed by atoms with Gasteiger partial charge in [-0.05, 0) is 30.8 Å². The fourth-order valence-electron chi connectivity index (χ4n) is 2.35. The molecule has 2 aromatic rings. The lowest BCUT2D eigenvalue weighted by molar-refractivity contribution is 0.470. The summed E-state index contributed by atoms with van der Waals surface area (Å²) in [4.78, 5) is 1.87. The molecule has 2 aromatic carbocycles. The Bertz CT molecular complexity index is 636. The van der Waals surface area contributed by atoms with Gasteiger partial charge in [0.1, 0.15) is 11.4 Å². The van der Waals surface area contributed by atoms with Crippen molar-refractivity contribution in [3.8, 4) is 6.07 Å². The fourth-order valence-corrected chi connectivity index (χ4v) is 2.35. The van der Waals surface area contributed by atoms with Crippen molar-refractivity contribution in [2.45, 2.75) is 5.54 Å². The SMILES string of the molecule is CNC(C#N)(CN(C)c1cccc(F)c1)c1ccccc1. The number of hydrogen-bond acceptors (Lipinski definition) is 3. The van der Waals surface area contributed by atoms with Crippen LogP contribution in [0.5, 0.6) is 0 Å². The summed E-state index contributed by atoms with van der Waals surface area (Å²) in [5, 5.41) is 12.8. The molecule has 1 unspecified atom stereocenters. The number of rotatable bonds is 5. The number of nitrogens with zero attached hydrogens (tertiary/aromatic N) is 2. The first-order chi connectivity index (χ1) is 10.1. The zero-order valence-corrected chi connectivity index (χ0v) is 12.2. The molecule has 2 rings (SSSR count). The van der Waals surface area contributed by atoms with Crippen LogP contribution in [0.2, 0.25) is 0 Å². The summed E-state index contributed by atoms with van der Waals surface area (Å²) in [5.74, 6) is -0.286. The van der Waals surface area contributed by atoms with E-state index in [1.807, 2.05) is 48.3 Å². The van der Waals surface area contributed by atoms with Crippen LogP contribution in [0.15, 0.2) is 54.6 Å². The zero-order chi connectivity index (χ0) is 15.3. The van der Waals surface area contributed by atoms with Crippen molar-refractivity contribution in [3.05, 3.63) is 66.0 Å². The Balaban J connectivity index is 2.31. The van der Waals surface area contributed by atoms with E-state index in [-0.39, 0.29) is 5.82 Å². The highest BCUT2D eigenvalue weighted by Crippen LogP contribution is 2.24. The summed E-state index contributed by atoms with van der Waals surface area (Å²) in [5.41, 5.74) is 0.779. The van der Waals surface area contributed by atoms with Gasteiger partial charge in [-0.15, -0.1) is 0 Å². The summed E-state index contributed by atoms with van der Waals surface area (Å²) in [6, 6.07) is 18.3. The van der Waals surface area contributed by atoms with Gasteiger partial charge in [-0.1, -0.05) is 36.4 Å². The van der Waals surface area contributed by atoms with E-state index in [0.717, 1.165) is 11.3 Å². The third-order valence-electron chi connectivity index (χ3n) is 3.61. The molecule has 21 heavy (non-hydrogen) atoms. The standard InChI is InChI=1S/C17H18FN3/c1-20-17(12-19,14-7-4-3-5-8-14)13-21(2)16-10-6-9-15(18)11-16/h3-11,20H,13H2,1-2H3. The van der Waals surface area contributed by atoms with Crippen molar-refractivity contribution < 1.29 is 4.39 Å². The average Bonchev–Trinajstić information content (AvgIpc) is 2.53. The van der Waals surface area contributed by atoms with Gasteiger partial charge in [0.05, 0.1) is 12.6 Å². The number of nitriles is 1. The second kappa shape index (κ2) is 6.38. The molecule has 0 aliphatic rings. The van der Waals surface area contributed by atoms with Crippen molar-refractivity contribution >= 4 is 5.69 Å². The summed E-state index contributed by atoms with van der Waals surface area (Å²) >= 11 is 0. The molecule has 0 radical (unpaired) electrons. The molecular weight excluding hydrogens is 265 g/mol. The second-order valence-electron chi connectivity index (χ2n) is 4.97. The summed E-state index contributed by atoms with van der Waals surface area (Å²) in [6.07, 6.45) is 0. The molecule has 0 aliphatic heterocycles. The van der Waals surface area contributed by atoms with Crippen LogP contribution in [-0.4, -0.2) is 20.6 Å². The lowest BCUT2D eigenvalue weighted by Gasteiger charge is -2.32. The number of anilines is 1. The van der Waals surface area contributed by atoms with E-state index in [0.29, 0.717) is 6.54 Å². The predicted molar refractivity (Wildman–Crippen MR) is 82.5 cm³/mol. The Morgan fingerprint density at radius 3 is 2.48 bits per heavy atom. The van der Waals surface area contributed by atoms with Crippen LogP contribution in [-0.2, 0) is 5.54 Å². The molecule has 0 amide bonds. The Hall–Kier alpha value is -2.38. The van der Waals surface area contributed by atoms with Gasteiger partial charge in [-0.2, -0.15) is 5.26 Å². The van der Waals surface area contributed by atoms with Crippen LogP contribution < -0.4 is 10.2 Å². The molecule has 1 atom stereocenters. The number of hydrogen-bond donors (Lipinski definition) is 1. The van der Waals surface area contributed by atoms with Crippen LogP contribution in [0.25, 0.3) is 0 Å². The largest absolute Gasteiger partial charge is 0.371 e. The molecule has 0 saturated carbocycles. The van der Waals surface area contributed by atoms with Crippen molar-refractivity contribution in [2.75, 3.05) is 25.5 Å². The quantitative estimate of drug-likeness (QED) is 0.917. The fraction of sp³-hybridized carbons (Fsp3) is 0.235. The van der Waals surface area contributed by atoms with Crippen molar-refractivity contribution in [3.63, 3.8) is 0 Å². The van der Waals surface area contributed by atoms with Gasteiger partial charge in [0.15, 0.2) is 0 Å². The van der Waals surface area contributed by atoms with Gasteiger partial charge in [0, 0.05) is 12.7 Å². The predicted octanol–water partition coefficient (Wildman–Crippen LogP) is 2.90. The number of benzene rings is 2. The smallest absolute Gasteiger partial charge is 0.149 e. The Labute approximate surface area is 124 Å². The minimum atomic E-state index is -0.845. The molecule has 3 nitrogen and oxygen atoms in total. The third kappa shape index (κ3) is 3.21. The van der Waals surface area contributed by atoms with Gasteiger partial charge in [0.25, 0.3) is 0 Å². The molecule has 0 aliphatic carbocycles. The molecule has 108 valence electrons. The number of nitrogens with one attached hydrogen (secondary N) is 1. The highest BCUT2D eigenvalue weighted by atomic mass is 19.1. The van der Waals surface area contributed by atoms with Gasteiger partial charge in [-0.25, -0.2) is 4.39 Å². The van der Waals surface area contributed by atoms with Gasteiger partial charge in [-0.3, -0.25) is 5.32 Å². The number of likely N-dealkylation sites (N-methyl/N-ethyl adjacent to an activating group) is 2. The first-order valence-corrected chi connectivity index (χ1v) is 6.74. The van der Waals surface area contributed by atoms with Crippen LogP contribution in [0.4, 0.5) is 10.1 Å². The molecule has 0 aromatic heterocycles. The first-order valence-electron chi connectivity index (χ1n) is 6.74. The molecule has 4 heteroatoms. The van der Waals surface area contributed by atoms with Crippen LogP contribution in [0, 0.1) is 17.1 Å². The van der Waals surface area contributed by atoms with E-state index >= 15 is 0 Å². The van der Waals surface area contributed by atoms with Crippen molar-refractivity contribution in [1.29, 1.82) is 5.26 Å². The van der Waals surface area contributed by atoms with E-state index in [1.54, 1.807) is 13.1 Å². The maximum absolute atomic E-state index is 13.3. The van der Waals surface area contributed by atoms with Crippen molar-refractivity contribution in [2.24, 2.45) is 0 Å². The topological polar surface area (TPSA) is 39.1 Å². The van der Waals surface area contributed by atoms with Crippen molar-refractivity contribution in [1.82, 2.24) is 5.32 Å². The molecule has 0 heterocycles. The summed E-state index contributed by atoms with van der Waals surface area (Å²) in [6.45, 7) is 0.410. The van der Waals surface area contributed by atoms with Gasteiger partial charge >= 0.3 is 0 Å². The van der Waals surface area contributed by atoms with E-state index in [4.69, 9.17) is 0 Å². The number of halogens is 1. The lowest BCUT2D eigenvalue weighted by Crippen LogP contribution is -2.47. The monoisotopic (exact) mass is 283 g/mol. The minimum absolute atomic E-state index is 0.286. The van der Waals surface area contributed by atoms with Crippen LogP contribution >= 0.6 is 0 Å². The van der Waals surface area contributed by atoms with Gasteiger partial charge in [0.2, 0.25) is 0 Å². The highest BCUT2D eigenvalue weighted by Gasteiger charge is 2.32.